The second kappa shape index (κ2) is 15.9. The van der Waals surface area contributed by atoms with E-state index >= 15 is 0 Å². The molecule has 0 unspecified atom stereocenters. The van der Waals surface area contributed by atoms with E-state index in [1.54, 1.807) is 11.8 Å². The molecule has 0 radical (unpaired) electrons. The summed E-state index contributed by atoms with van der Waals surface area (Å²) in [5, 5.41) is 4.57. The average Bonchev–Trinajstić information content (AvgIpc) is 3.85. The summed E-state index contributed by atoms with van der Waals surface area (Å²) in [6.07, 6.45) is 4.13. The van der Waals surface area contributed by atoms with E-state index in [4.69, 9.17) is 19.4 Å². The molecule has 0 saturated heterocycles. The first-order valence-corrected chi connectivity index (χ1v) is 19.2. The third-order valence-electron chi connectivity index (χ3n) is 10.9. The Morgan fingerprint density at radius 3 is 2.31 bits per heavy atom. The Kier molecular flexibility index (Phi) is 11.3. The second-order valence-corrected chi connectivity index (χ2v) is 14.5. The van der Waals surface area contributed by atoms with Gasteiger partial charge in [-0.15, -0.1) is 0 Å². The van der Waals surface area contributed by atoms with Crippen LogP contribution in [0, 0.1) is 0 Å². The van der Waals surface area contributed by atoms with E-state index in [0.717, 1.165) is 80.6 Å². The van der Waals surface area contributed by atoms with Gasteiger partial charge in [-0.1, -0.05) is 39.0 Å². The summed E-state index contributed by atoms with van der Waals surface area (Å²) in [5.41, 5.74) is 6.75. The standard InChI is InChI=1S/C42H53N7O5/c1-10-13-37(50)48(23(4)11-2)26(7)39-43-21-35(46-39)29-14-16-31-30(18-29)22-54-36-20-32-28(19-33(31)36)15-17-34-38(32)47-40(45-34)27(8)49(24(5)12-3)41(51)25(6)44-42(52)53-9/h14-21,23-27H,10-13,22H2,1-9H3,(H,43,46)(H,44,52)(H,45,47)/t23-,24-,25-,26-,27-/m0/s1. The Morgan fingerprint density at radius 2 is 1.61 bits per heavy atom. The molecule has 5 aromatic rings. The number of carbonyl (C=O) groups is 3. The number of rotatable bonds is 13. The van der Waals surface area contributed by atoms with Crippen LogP contribution < -0.4 is 10.1 Å². The molecule has 0 aliphatic carbocycles. The number of imidazole rings is 2. The van der Waals surface area contributed by atoms with Crippen LogP contribution in [-0.4, -0.2) is 72.9 Å². The van der Waals surface area contributed by atoms with Crippen molar-refractivity contribution in [1.82, 2.24) is 35.1 Å². The topological polar surface area (TPSA) is 146 Å². The molecule has 5 atom stereocenters. The average molecular weight is 736 g/mol. The highest BCUT2D eigenvalue weighted by Gasteiger charge is 2.32. The molecule has 0 spiro atoms. The van der Waals surface area contributed by atoms with Gasteiger partial charge >= 0.3 is 6.09 Å². The van der Waals surface area contributed by atoms with Crippen LogP contribution >= 0.6 is 0 Å². The number of amides is 3. The Morgan fingerprint density at radius 1 is 0.889 bits per heavy atom. The summed E-state index contributed by atoms with van der Waals surface area (Å²) in [7, 11) is 1.28. The largest absolute Gasteiger partial charge is 0.488 e. The second-order valence-electron chi connectivity index (χ2n) is 14.5. The molecule has 1 aliphatic heterocycles. The van der Waals surface area contributed by atoms with Gasteiger partial charge in [0.1, 0.15) is 30.0 Å². The Hall–Kier alpha value is -5.39. The Labute approximate surface area is 317 Å². The Bertz CT molecular complexity index is 2170. The van der Waals surface area contributed by atoms with E-state index in [9.17, 15) is 14.4 Å². The molecule has 3 aromatic carbocycles. The highest BCUT2D eigenvalue weighted by Crippen LogP contribution is 2.43. The van der Waals surface area contributed by atoms with Crippen LogP contribution in [0.15, 0.2) is 48.7 Å². The zero-order chi connectivity index (χ0) is 38.8. The minimum atomic E-state index is -0.768. The summed E-state index contributed by atoms with van der Waals surface area (Å²) < 4.78 is 11.1. The number of benzene rings is 3. The Balaban J connectivity index is 1.28. The van der Waals surface area contributed by atoms with E-state index in [0.29, 0.717) is 18.9 Å². The summed E-state index contributed by atoms with van der Waals surface area (Å²) >= 11 is 0. The van der Waals surface area contributed by atoms with Crippen LogP contribution in [0.25, 0.3) is 44.2 Å². The fourth-order valence-electron chi connectivity index (χ4n) is 7.52. The number of nitrogens with one attached hydrogen (secondary N) is 3. The molecule has 54 heavy (non-hydrogen) atoms. The summed E-state index contributed by atoms with van der Waals surface area (Å²) in [4.78, 5) is 59.0. The number of ether oxygens (including phenoxy) is 2. The zero-order valence-corrected chi connectivity index (χ0v) is 32.9. The molecular weight excluding hydrogens is 683 g/mol. The fraction of sp³-hybridized carbons (Fsp3) is 0.452. The van der Waals surface area contributed by atoms with Crippen molar-refractivity contribution in [2.75, 3.05) is 7.11 Å². The molecule has 1 aliphatic rings. The summed E-state index contributed by atoms with van der Waals surface area (Å²) in [6.45, 7) is 16.3. The van der Waals surface area contributed by atoms with Crippen LogP contribution in [-0.2, 0) is 20.9 Å². The molecule has 0 bridgehead atoms. The number of carbonyl (C=O) groups excluding carboxylic acids is 3. The molecule has 0 fully saturated rings. The van der Waals surface area contributed by atoms with Gasteiger partial charge in [-0.25, -0.2) is 14.8 Å². The number of aromatic nitrogens is 4. The lowest BCUT2D eigenvalue weighted by Gasteiger charge is -2.35. The number of H-pyrrole nitrogens is 2. The summed E-state index contributed by atoms with van der Waals surface area (Å²) in [6, 6.07) is 13.4. The molecule has 3 amide bonds. The number of fused-ring (bicyclic) bond motifs is 6. The zero-order valence-electron chi connectivity index (χ0n) is 32.9. The van der Waals surface area contributed by atoms with Crippen molar-refractivity contribution in [3.8, 4) is 28.1 Å². The van der Waals surface area contributed by atoms with Crippen LogP contribution in [0.2, 0.25) is 0 Å². The molecule has 3 heterocycles. The first kappa shape index (κ1) is 38.3. The van der Waals surface area contributed by atoms with Crippen molar-refractivity contribution in [3.63, 3.8) is 0 Å². The maximum atomic E-state index is 13.6. The number of aromatic amines is 2. The van der Waals surface area contributed by atoms with Crippen molar-refractivity contribution in [3.05, 3.63) is 65.9 Å². The van der Waals surface area contributed by atoms with E-state index < -0.39 is 12.1 Å². The van der Waals surface area contributed by atoms with Gasteiger partial charge in [-0.3, -0.25) is 9.59 Å². The van der Waals surface area contributed by atoms with Crippen LogP contribution in [0.1, 0.15) is 110 Å². The molecule has 6 rings (SSSR count). The summed E-state index contributed by atoms with van der Waals surface area (Å²) in [5.74, 6) is 2.15. The maximum Gasteiger partial charge on any atom is 0.407 e. The highest BCUT2D eigenvalue weighted by molar-refractivity contribution is 6.07. The van der Waals surface area contributed by atoms with Gasteiger partial charge in [0, 0.05) is 29.5 Å². The third-order valence-corrected chi connectivity index (χ3v) is 10.9. The number of methoxy groups -OCH3 is 1. The number of nitrogens with zero attached hydrogens (tertiary/aromatic N) is 4. The predicted octanol–water partition coefficient (Wildman–Crippen LogP) is 8.59. The minimum absolute atomic E-state index is 0.0968. The first-order valence-electron chi connectivity index (χ1n) is 19.2. The van der Waals surface area contributed by atoms with Gasteiger partial charge in [-0.2, -0.15) is 0 Å². The van der Waals surface area contributed by atoms with Gasteiger partial charge in [-0.05, 0) is 100 Å². The number of hydrogen-bond acceptors (Lipinski definition) is 7. The van der Waals surface area contributed by atoms with Crippen molar-refractivity contribution in [2.24, 2.45) is 0 Å². The highest BCUT2D eigenvalue weighted by atomic mass is 16.5. The smallest absolute Gasteiger partial charge is 0.407 e. The van der Waals surface area contributed by atoms with Gasteiger partial charge in [0.25, 0.3) is 0 Å². The predicted molar refractivity (Wildman–Crippen MR) is 211 cm³/mol. The van der Waals surface area contributed by atoms with Crippen molar-refractivity contribution in [2.45, 2.75) is 118 Å². The first-order chi connectivity index (χ1) is 25.9. The van der Waals surface area contributed by atoms with Crippen molar-refractivity contribution in [1.29, 1.82) is 0 Å². The van der Waals surface area contributed by atoms with E-state index in [-0.39, 0.29) is 36.0 Å². The lowest BCUT2D eigenvalue weighted by Crippen LogP contribution is -2.50. The van der Waals surface area contributed by atoms with E-state index in [1.165, 1.54) is 7.11 Å². The molecule has 0 saturated carbocycles. The minimum Gasteiger partial charge on any atom is -0.488 e. The molecule has 286 valence electrons. The third kappa shape index (κ3) is 7.25. The van der Waals surface area contributed by atoms with Gasteiger partial charge in [0.15, 0.2) is 0 Å². The number of hydrogen-bond donors (Lipinski definition) is 3. The van der Waals surface area contributed by atoms with Crippen LogP contribution in [0.3, 0.4) is 0 Å². The SMILES string of the molecule is CCCC(=O)N([C@@H](C)CC)[C@@H](C)c1ncc(-c2ccc3c(c2)COc2cc4c(ccc5[nH]c([C@H](C)N(C(=O)[C@H](C)NC(=O)OC)[C@@H](C)CC)nc54)cc2-3)[nH]1. The van der Waals surface area contributed by atoms with Gasteiger partial charge in [0.05, 0.1) is 42.1 Å². The van der Waals surface area contributed by atoms with Crippen LogP contribution in [0.4, 0.5) is 4.79 Å². The fourth-order valence-corrected chi connectivity index (χ4v) is 7.52. The molecule has 12 nitrogen and oxygen atoms in total. The van der Waals surface area contributed by atoms with Crippen molar-refractivity contribution < 1.29 is 23.9 Å². The van der Waals surface area contributed by atoms with Crippen molar-refractivity contribution >= 4 is 39.7 Å². The monoisotopic (exact) mass is 735 g/mol. The molecular formula is C42H53N7O5. The lowest BCUT2D eigenvalue weighted by atomic mass is 9.92. The molecule has 2 aromatic heterocycles. The molecule has 3 N–H and O–H groups in total. The maximum absolute atomic E-state index is 13.6. The van der Waals surface area contributed by atoms with E-state index in [2.05, 4.69) is 65.5 Å². The quantitative estimate of drug-likeness (QED) is 0.110. The van der Waals surface area contributed by atoms with Crippen LogP contribution in [0.5, 0.6) is 5.75 Å². The van der Waals surface area contributed by atoms with Gasteiger partial charge in [0.2, 0.25) is 11.8 Å². The molecule has 12 heteroatoms. The number of alkyl carbamates (subject to hydrolysis) is 1. The lowest BCUT2D eigenvalue weighted by molar-refractivity contribution is -0.138. The normalized spacial score (nSPS) is 15.0. The van der Waals surface area contributed by atoms with E-state index in [1.807, 2.05) is 51.8 Å². The van der Waals surface area contributed by atoms with Gasteiger partial charge < -0.3 is 34.6 Å².